The minimum Gasteiger partial charge on any atom is -0.380 e. The van der Waals surface area contributed by atoms with Crippen LogP contribution in [0.25, 0.3) is 0 Å². The molecule has 0 unspecified atom stereocenters. The molecular weight excluding hydrogens is 309 g/mol. The number of likely N-dealkylation sites (tertiary alicyclic amines) is 1. The lowest BCUT2D eigenvalue weighted by Crippen LogP contribution is -2.54. The van der Waals surface area contributed by atoms with Crippen molar-refractivity contribution in [1.29, 1.82) is 0 Å². The van der Waals surface area contributed by atoms with Crippen LogP contribution in [0.5, 0.6) is 0 Å². The van der Waals surface area contributed by atoms with Gasteiger partial charge in [0, 0.05) is 19.6 Å². The van der Waals surface area contributed by atoms with E-state index in [1.807, 2.05) is 31.2 Å². The van der Waals surface area contributed by atoms with Crippen molar-refractivity contribution >= 4 is 5.91 Å². The summed E-state index contributed by atoms with van der Waals surface area (Å²) < 4.78 is 38.1. The van der Waals surface area contributed by atoms with Crippen molar-refractivity contribution in [2.24, 2.45) is 0 Å². The van der Waals surface area contributed by atoms with Crippen molar-refractivity contribution in [3.8, 4) is 0 Å². The number of piperidine rings is 1. The van der Waals surface area contributed by atoms with Gasteiger partial charge in [0.15, 0.2) is 5.60 Å². The summed E-state index contributed by atoms with van der Waals surface area (Å²) in [6.07, 6.45) is -5.42. The maximum Gasteiger partial charge on any atom is 0.417 e. The molecule has 0 spiro atoms. The molecule has 1 aliphatic heterocycles. The highest BCUT2D eigenvalue weighted by atomic mass is 19.4. The number of carbonyl (C=O) groups is 1. The van der Waals surface area contributed by atoms with Crippen LogP contribution in [0.15, 0.2) is 24.3 Å². The number of halogens is 3. The van der Waals surface area contributed by atoms with Gasteiger partial charge in [0.2, 0.25) is 5.91 Å². The average molecular weight is 330 g/mol. The minimum absolute atomic E-state index is 0.0415. The van der Waals surface area contributed by atoms with Crippen LogP contribution in [-0.2, 0) is 11.3 Å². The van der Waals surface area contributed by atoms with Crippen LogP contribution in [0, 0.1) is 6.92 Å². The Balaban J connectivity index is 1.78. The summed E-state index contributed by atoms with van der Waals surface area (Å²) in [4.78, 5) is 13.5. The Morgan fingerprint density at radius 1 is 1.30 bits per heavy atom. The highest BCUT2D eigenvalue weighted by Gasteiger charge is 2.54. The Labute approximate surface area is 133 Å². The maximum absolute atomic E-state index is 12.7. The zero-order valence-corrected chi connectivity index (χ0v) is 13.0. The monoisotopic (exact) mass is 330 g/mol. The Morgan fingerprint density at radius 2 is 1.91 bits per heavy atom. The molecule has 7 heteroatoms. The lowest BCUT2D eigenvalue weighted by Gasteiger charge is -2.38. The van der Waals surface area contributed by atoms with Gasteiger partial charge in [0.25, 0.3) is 0 Å². The average Bonchev–Trinajstić information content (AvgIpc) is 2.48. The topological polar surface area (TPSA) is 52.6 Å². The van der Waals surface area contributed by atoms with E-state index in [1.165, 1.54) is 0 Å². The highest BCUT2D eigenvalue weighted by molar-refractivity contribution is 5.78. The number of aliphatic hydroxyl groups is 1. The largest absolute Gasteiger partial charge is 0.417 e. The molecule has 0 bridgehead atoms. The summed E-state index contributed by atoms with van der Waals surface area (Å²) in [7, 11) is 0. The van der Waals surface area contributed by atoms with E-state index in [0.29, 0.717) is 6.54 Å². The third-order valence-corrected chi connectivity index (χ3v) is 4.32. The summed E-state index contributed by atoms with van der Waals surface area (Å²) >= 11 is 0. The summed E-state index contributed by atoms with van der Waals surface area (Å²) in [5.41, 5.74) is -0.548. The summed E-state index contributed by atoms with van der Waals surface area (Å²) in [6, 6.07) is 7.66. The van der Waals surface area contributed by atoms with Gasteiger partial charge in [-0.3, -0.25) is 9.69 Å². The molecule has 2 rings (SSSR count). The minimum atomic E-state index is -4.62. The molecule has 128 valence electrons. The number of nitrogens with one attached hydrogen (secondary N) is 1. The van der Waals surface area contributed by atoms with E-state index in [9.17, 15) is 23.1 Å². The first-order valence-corrected chi connectivity index (χ1v) is 7.54. The van der Waals surface area contributed by atoms with Crippen LogP contribution in [-0.4, -0.2) is 47.3 Å². The first-order valence-electron chi connectivity index (χ1n) is 7.54. The van der Waals surface area contributed by atoms with E-state index in [4.69, 9.17) is 0 Å². The third kappa shape index (κ3) is 4.45. The van der Waals surface area contributed by atoms with E-state index >= 15 is 0 Å². The van der Waals surface area contributed by atoms with E-state index in [-0.39, 0.29) is 25.5 Å². The molecule has 23 heavy (non-hydrogen) atoms. The van der Waals surface area contributed by atoms with Crippen molar-refractivity contribution in [3.63, 3.8) is 0 Å². The van der Waals surface area contributed by atoms with Crippen molar-refractivity contribution in [3.05, 3.63) is 35.4 Å². The van der Waals surface area contributed by atoms with E-state index < -0.39 is 24.6 Å². The van der Waals surface area contributed by atoms with E-state index in [0.717, 1.165) is 11.1 Å². The molecule has 1 aromatic rings. The summed E-state index contributed by atoms with van der Waals surface area (Å²) in [6.45, 7) is 2.48. The molecule has 0 saturated carbocycles. The fourth-order valence-corrected chi connectivity index (χ4v) is 2.63. The van der Waals surface area contributed by atoms with Crippen LogP contribution < -0.4 is 5.32 Å². The zero-order valence-electron chi connectivity index (χ0n) is 13.0. The van der Waals surface area contributed by atoms with Gasteiger partial charge in [0.1, 0.15) is 0 Å². The van der Waals surface area contributed by atoms with Gasteiger partial charge < -0.3 is 10.4 Å². The first-order chi connectivity index (χ1) is 10.7. The maximum atomic E-state index is 12.7. The lowest BCUT2D eigenvalue weighted by atomic mass is 9.91. The molecule has 0 radical (unpaired) electrons. The van der Waals surface area contributed by atoms with Crippen LogP contribution in [0.1, 0.15) is 24.0 Å². The van der Waals surface area contributed by atoms with E-state index in [2.05, 4.69) is 5.32 Å². The quantitative estimate of drug-likeness (QED) is 0.888. The lowest BCUT2D eigenvalue weighted by molar-refractivity contribution is -0.272. The van der Waals surface area contributed by atoms with Crippen LogP contribution in [0.3, 0.4) is 0 Å². The van der Waals surface area contributed by atoms with Crippen LogP contribution in [0.2, 0.25) is 0 Å². The van der Waals surface area contributed by atoms with Crippen molar-refractivity contribution in [2.45, 2.75) is 38.1 Å². The molecule has 2 N–H and O–H groups in total. The molecule has 4 nitrogen and oxygen atoms in total. The number of nitrogens with zero attached hydrogens (tertiary/aromatic N) is 1. The van der Waals surface area contributed by atoms with Crippen molar-refractivity contribution in [2.75, 3.05) is 19.6 Å². The summed E-state index contributed by atoms with van der Waals surface area (Å²) in [5.74, 6) is -0.231. The fraction of sp³-hybridized carbons (Fsp3) is 0.562. The molecule has 1 saturated heterocycles. The zero-order chi connectivity index (χ0) is 17.1. The second-order valence-electron chi connectivity index (χ2n) is 6.01. The second kappa shape index (κ2) is 6.88. The summed E-state index contributed by atoms with van der Waals surface area (Å²) in [5, 5.41) is 12.4. The molecule has 1 aromatic carbocycles. The van der Waals surface area contributed by atoms with Gasteiger partial charge in [-0.2, -0.15) is 13.2 Å². The molecule has 1 aliphatic rings. The Morgan fingerprint density at radius 3 is 2.48 bits per heavy atom. The number of carbonyl (C=O) groups excluding carboxylic acids is 1. The van der Waals surface area contributed by atoms with Crippen molar-refractivity contribution in [1.82, 2.24) is 10.2 Å². The van der Waals surface area contributed by atoms with E-state index in [1.54, 1.807) is 4.90 Å². The smallest absolute Gasteiger partial charge is 0.380 e. The predicted molar refractivity (Wildman–Crippen MR) is 79.7 cm³/mol. The number of benzene rings is 1. The number of hydrogen-bond donors (Lipinski definition) is 2. The van der Waals surface area contributed by atoms with Gasteiger partial charge in [-0.25, -0.2) is 0 Å². The Hall–Kier alpha value is -1.60. The molecule has 1 amide bonds. The van der Waals surface area contributed by atoms with Gasteiger partial charge >= 0.3 is 6.18 Å². The number of rotatable bonds is 4. The highest BCUT2D eigenvalue weighted by Crippen LogP contribution is 2.38. The molecule has 0 aliphatic carbocycles. The number of alkyl halides is 3. The third-order valence-electron chi connectivity index (χ3n) is 4.32. The molecule has 1 heterocycles. The normalized spacial score (nSPS) is 18.7. The SMILES string of the molecule is Cc1ccccc1CNC(=O)CN1CCC(O)(C(F)(F)F)CC1. The Kier molecular flexibility index (Phi) is 5.31. The first kappa shape index (κ1) is 17.7. The molecule has 0 aromatic heterocycles. The second-order valence-corrected chi connectivity index (χ2v) is 6.01. The van der Waals surface area contributed by atoms with Gasteiger partial charge in [0.05, 0.1) is 6.54 Å². The standard InChI is InChI=1S/C16H21F3N2O2/c1-12-4-2-3-5-13(12)10-20-14(22)11-21-8-6-15(23,7-9-21)16(17,18)19/h2-5,23H,6-11H2,1H3,(H,20,22). The number of hydrogen-bond acceptors (Lipinski definition) is 3. The van der Waals surface area contributed by atoms with Crippen LogP contribution in [0.4, 0.5) is 13.2 Å². The Bertz CT molecular complexity index is 553. The van der Waals surface area contributed by atoms with Crippen LogP contribution >= 0.6 is 0 Å². The van der Waals surface area contributed by atoms with Gasteiger partial charge in [-0.15, -0.1) is 0 Å². The van der Waals surface area contributed by atoms with Gasteiger partial charge in [-0.05, 0) is 30.9 Å². The fourth-order valence-electron chi connectivity index (χ4n) is 2.63. The number of aryl methyl sites for hydroxylation is 1. The molecular formula is C16H21F3N2O2. The predicted octanol–water partition coefficient (Wildman–Crippen LogP) is 2.00. The van der Waals surface area contributed by atoms with Gasteiger partial charge in [-0.1, -0.05) is 24.3 Å². The number of amides is 1. The molecule has 0 atom stereocenters. The van der Waals surface area contributed by atoms with Crippen molar-refractivity contribution < 1.29 is 23.1 Å². The molecule has 1 fully saturated rings.